The van der Waals surface area contributed by atoms with Crippen LogP contribution in [-0.2, 0) is 16.1 Å². The van der Waals surface area contributed by atoms with Gasteiger partial charge in [0.2, 0.25) is 0 Å². The van der Waals surface area contributed by atoms with Gasteiger partial charge in [-0.25, -0.2) is 4.79 Å². The summed E-state index contributed by atoms with van der Waals surface area (Å²) < 4.78 is 16.2. The van der Waals surface area contributed by atoms with Crippen molar-refractivity contribution in [2.45, 2.75) is 13.5 Å². The molecule has 0 unspecified atom stereocenters. The lowest BCUT2D eigenvalue weighted by Gasteiger charge is -2.22. The van der Waals surface area contributed by atoms with Crippen LogP contribution < -0.4 is 9.47 Å². The van der Waals surface area contributed by atoms with Crippen molar-refractivity contribution in [3.63, 3.8) is 0 Å². The van der Waals surface area contributed by atoms with E-state index < -0.39 is 5.97 Å². The Balaban J connectivity index is 2.17. The first kappa shape index (κ1) is 16.1. The number of hydrogen-bond acceptors (Lipinski definition) is 5. The van der Waals surface area contributed by atoms with Crippen molar-refractivity contribution >= 4 is 22.7 Å². The number of ether oxygens (including phenoxy) is 3. The van der Waals surface area contributed by atoms with Gasteiger partial charge in [-0.15, -0.1) is 0 Å². The number of methoxy groups -OCH3 is 1. The van der Waals surface area contributed by atoms with Crippen molar-refractivity contribution in [2.24, 2.45) is 0 Å². The van der Waals surface area contributed by atoms with Crippen LogP contribution in [-0.4, -0.2) is 19.0 Å². The summed E-state index contributed by atoms with van der Waals surface area (Å²) in [7, 11) is 1.52. The molecule has 4 rings (SSSR count). The lowest BCUT2D eigenvalue weighted by molar-refractivity contribution is -0.131. The van der Waals surface area contributed by atoms with Crippen molar-refractivity contribution in [2.75, 3.05) is 7.11 Å². The number of benzene rings is 3. The summed E-state index contributed by atoms with van der Waals surface area (Å²) in [6, 6.07) is 15.1. The first-order valence-electron chi connectivity index (χ1n) is 8.17. The van der Waals surface area contributed by atoms with Crippen molar-refractivity contribution in [3.05, 3.63) is 59.7 Å². The molecule has 0 radical (unpaired) electrons. The van der Waals surface area contributed by atoms with Gasteiger partial charge in [0, 0.05) is 23.3 Å². The second-order valence-corrected chi connectivity index (χ2v) is 6.01. The number of esters is 2. The molecule has 3 aromatic carbocycles. The van der Waals surface area contributed by atoms with E-state index in [1.807, 2.05) is 36.4 Å². The Morgan fingerprint density at radius 3 is 2.46 bits per heavy atom. The smallest absolute Gasteiger partial charge is 0.339 e. The predicted molar refractivity (Wildman–Crippen MR) is 96.4 cm³/mol. The third kappa shape index (κ3) is 2.49. The molecule has 0 aliphatic carbocycles. The highest BCUT2D eigenvalue weighted by Crippen LogP contribution is 2.46. The van der Waals surface area contributed by atoms with Crippen LogP contribution in [0.5, 0.6) is 11.5 Å². The molecule has 5 nitrogen and oxygen atoms in total. The minimum absolute atomic E-state index is 0.150. The van der Waals surface area contributed by atoms with E-state index in [0.717, 1.165) is 22.1 Å². The summed E-state index contributed by atoms with van der Waals surface area (Å²) in [5, 5.41) is 1.41. The second-order valence-electron chi connectivity index (χ2n) is 6.01. The van der Waals surface area contributed by atoms with Gasteiger partial charge in [-0.1, -0.05) is 36.4 Å². The maximum atomic E-state index is 12.2. The molecular weight excluding hydrogens is 332 g/mol. The molecule has 130 valence electrons. The van der Waals surface area contributed by atoms with Crippen LogP contribution in [0.15, 0.2) is 48.5 Å². The minimum atomic E-state index is -0.457. The largest absolute Gasteiger partial charge is 0.493 e. The third-order valence-corrected chi connectivity index (χ3v) is 4.41. The molecule has 0 saturated heterocycles. The van der Waals surface area contributed by atoms with Crippen molar-refractivity contribution in [1.82, 2.24) is 0 Å². The molecule has 0 amide bonds. The highest BCUT2D eigenvalue weighted by molar-refractivity contribution is 6.14. The van der Waals surface area contributed by atoms with E-state index in [0.29, 0.717) is 22.4 Å². The van der Waals surface area contributed by atoms with Gasteiger partial charge >= 0.3 is 11.9 Å². The molecule has 5 heteroatoms. The van der Waals surface area contributed by atoms with Crippen LogP contribution in [0.2, 0.25) is 0 Å². The van der Waals surface area contributed by atoms with Gasteiger partial charge in [0.15, 0.2) is 11.5 Å². The Labute approximate surface area is 150 Å². The van der Waals surface area contributed by atoms with E-state index in [-0.39, 0.29) is 12.6 Å². The average molecular weight is 348 g/mol. The fourth-order valence-corrected chi connectivity index (χ4v) is 3.35. The van der Waals surface area contributed by atoms with E-state index >= 15 is 0 Å². The van der Waals surface area contributed by atoms with Crippen molar-refractivity contribution < 1.29 is 23.8 Å². The zero-order valence-electron chi connectivity index (χ0n) is 14.4. The van der Waals surface area contributed by atoms with Gasteiger partial charge in [0.05, 0.1) is 12.7 Å². The molecular formula is C21H16O5. The average Bonchev–Trinajstić information content (AvgIpc) is 2.66. The highest BCUT2D eigenvalue weighted by Gasteiger charge is 2.27. The fourth-order valence-electron chi connectivity index (χ4n) is 3.35. The standard InChI is InChI=1S/C21H16O5/c1-12(22)26-20-17(24-2)10-14-11-25-21(23)16-9-8-15(19(20)18(14)16)13-6-4-3-5-7-13/h3-10H,11H2,1-2H3. The van der Waals surface area contributed by atoms with E-state index in [9.17, 15) is 9.59 Å². The maximum absolute atomic E-state index is 12.2. The quantitative estimate of drug-likeness (QED) is 0.526. The normalized spacial score (nSPS) is 12.6. The van der Waals surface area contributed by atoms with E-state index in [1.54, 1.807) is 12.1 Å². The van der Waals surface area contributed by atoms with Gasteiger partial charge in [-0.05, 0) is 23.3 Å². The molecule has 0 N–H and O–H groups in total. The minimum Gasteiger partial charge on any atom is -0.493 e. The molecule has 0 bridgehead atoms. The SMILES string of the molecule is COc1cc2c3c(ccc(-c4ccccc4)c3c1OC(C)=O)C(=O)OC2. The summed E-state index contributed by atoms with van der Waals surface area (Å²) in [4.78, 5) is 24.0. The molecule has 1 heterocycles. The zero-order valence-corrected chi connectivity index (χ0v) is 14.4. The lowest BCUT2D eigenvalue weighted by Crippen LogP contribution is -2.14. The molecule has 0 aromatic heterocycles. The van der Waals surface area contributed by atoms with Gasteiger partial charge in [0.1, 0.15) is 6.61 Å². The van der Waals surface area contributed by atoms with Gasteiger partial charge < -0.3 is 14.2 Å². The van der Waals surface area contributed by atoms with Crippen LogP contribution in [0.25, 0.3) is 21.9 Å². The second kappa shape index (κ2) is 6.19. The molecule has 0 fully saturated rings. The lowest BCUT2D eigenvalue weighted by atomic mass is 9.90. The number of rotatable bonds is 3. The molecule has 0 atom stereocenters. The van der Waals surface area contributed by atoms with Crippen LogP contribution in [0, 0.1) is 0 Å². The Morgan fingerprint density at radius 1 is 1.04 bits per heavy atom. The molecule has 0 spiro atoms. The molecule has 0 saturated carbocycles. The Bertz CT molecular complexity index is 1040. The van der Waals surface area contributed by atoms with E-state index in [1.165, 1.54) is 14.0 Å². The Hall–Kier alpha value is -3.34. The number of carbonyl (C=O) groups is 2. The van der Waals surface area contributed by atoms with E-state index in [4.69, 9.17) is 14.2 Å². The van der Waals surface area contributed by atoms with Crippen LogP contribution in [0.4, 0.5) is 0 Å². The van der Waals surface area contributed by atoms with Gasteiger partial charge in [0.25, 0.3) is 0 Å². The maximum Gasteiger partial charge on any atom is 0.339 e. The topological polar surface area (TPSA) is 61.8 Å². The third-order valence-electron chi connectivity index (χ3n) is 4.41. The first-order valence-corrected chi connectivity index (χ1v) is 8.17. The Morgan fingerprint density at radius 2 is 1.77 bits per heavy atom. The highest BCUT2D eigenvalue weighted by atomic mass is 16.6. The summed E-state index contributed by atoms with van der Waals surface area (Å²) in [6.45, 7) is 1.49. The zero-order chi connectivity index (χ0) is 18.3. The molecule has 1 aliphatic heterocycles. The Kier molecular flexibility index (Phi) is 3.84. The van der Waals surface area contributed by atoms with E-state index in [2.05, 4.69) is 0 Å². The molecule has 1 aliphatic rings. The monoisotopic (exact) mass is 348 g/mol. The first-order chi connectivity index (χ1) is 12.6. The number of carbonyl (C=O) groups excluding carboxylic acids is 2. The molecule has 3 aromatic rings. The number of cyclic esters (lactones) is 1. The summed E-state index contributed by atoms with van der Waals surface area (Å²) >= 11 is 0. The summed E-state index contributed by atoms with van der Waals surface area (Å²) in [5.41, 5.74) is 3.08. The molecule has 26 heavy (non-hydrogen) atoms. The predicted octanol–water partition coefficient (Wildman–Crippen LogP) is 4.11. The summed E-state index contributed by atoms with van der Waals surface area (Å²) in [5.74, 6) is -0.105. The summed E-state index contributed by atoms with van der Waals surface area (Å²) in [6.07, 6.45) is 0. The van der Waals surface area contributed by atoms with Gasteiger partial charge in [-0.2, -0.15) is 0 Å². The van der Waals surface area contributed by atoms with Crippen LogP contribution in [0.3, 0.4) is 0 Å². The van der Waals surface area contributed by atoms with Crippen molar-refractivity contribution in [3.8, 4) is 22.6 Å². The number of hydrogen-bond donors (Lipinski definition) is 0. The van der Waals surface area contributed by atoms with Crippen LogP contribution in [0.1, 0.15) is 22.8 Å². The van der Waals surface area contributed by atoms with Crippen LogP contribution >= 0.6 is 0 Å². The fraction of sp³-hybridized carbons (Fsp3) is 0.143. The van der Waals surface area contributed by atoms with Crippen molar-refractivity contribution in [1.29, 1.82) is 0 Å². The van der Waals surface area contributed by atoms with Gasteiger partial charge in [-0.3, -0.25) is 4.79 Å².